The molecule has 0 unspecified atom stereocenters. The van der Waals surface area contributed by atoms with E-state index in [1.165, 1.54) is 12.1 Å². The standard InChI is InChI=1S/C19H23BrN2O4S/c1-14(15-6-3-9-18(12-15)27(21,24)25)22(2)19(23)10-5-11-26-17-8-4-7-16(20)13-17/h3-4,6-9,12-14H,5,10-11H2,1-2H3,(H2,21,24,25)/t14-/m0/s1. The van der Waals surface area contributed by atoms with Gasteiger partial charge in [-0.05, 0) is 49.2 Å². The maximum Gasteiger partial charge on any atom is 0.238 e. The summed E-state index contributed by atoms with van der Waals surface area (Å²) in [5.74, 6) is 0.708. The van der Waals surface area contributed by atoms with E-state index in [2.05, 4.69) is 15.9 Å². The van der Waals surface area contributed by atoms with Crippen LogP contribution in [0.3, 0.4) is 0 Å². The van der Waals surface area contributed by atoms with Crippen LogP contribution < -0.4 is 9.88 Å². The fourth-order valence-corrected chi connectivity index (χ4v) is 3.48. The number of carbonyl (C=O) groups excluding carboxylic acids is 1. The Morgan fingerprint density at radius 2 is 1.93 bits per heavy atom. The van der Waals surface area contributed by atoms with E-state index in [0.717, 1.165) is 10.2 Å². The van der Waals surface area contributed by atoms with Crippen molar-refractivity contribution in [3.05, 3.63) is 58.6 Å². The number of halogens is 1. The first-order chi connectivity index (χ1) is 12.7. The van der Waals surface area contributed by atoms with Gasteiger partial charge in [0, 0.05) is 17.9 Å². The van der Waals surface area contributed by atoms with Crippen molar-refractivity contribution in [1.82, 2.24) is 4.90 Å². The molecule has 2 rings (SSSR count). The van der Waals surface area contributed by atoms with Gasteiger partial charge in [0.25, 0.3) is 0 Å². The fourth-order valence-electron chi connectivity index (χ4n) is 2.54. The Morgan fingerprint density at radius 3 is 2.59 bits per heavy atom. The second-order valence-corrected chi connectivity index (χ2v) is 8.68. The minimum Gasteiger partial charge on any atom is -0.494 e. The number of rotatable bonds is 8. The minimum atomic E-state index is -3.78. The topological polar surface area (TPSA) is 89.7 Å². The zero-order chi connectivity index (χ0) is 20.0. The Kier molecular flexibility index (Phi) is 7.41. The molecule has 6 nitrogen and oxygen atoms in total. The Labute approximate surface area is 168 Å². The van der Waals surface area contributed by atoms with Crippen LogP contribution in [0, 0.1) is 0 Å². The second kappa shape index (κ2) is 9.34. The van der Waals surface area contributed by atoms with Crippen molar-refractivity contribution in [1.29, 1.82) is 0 Å². The first-order valence-corrected chi connectivity index (χ1v) is 10.8. The van der Waals surface area contributed by atoms with Crippen molar-refractivity contribution in [2.75, 3.05) is 13.7 Å². The molecule has 2 aromatic rings. The molecule has 2 aromatic carbocycles. The maximum atomic E-state index is 12.4. The molecule has 27 heavy (non-hydrogen) atoms. The van der Waals surface area contributed by atoms with Crippen molar-refractivity contribution in [3.63, 3.8) is 0 Å². The van der Waals surface area contributed by atoms with Gasteiger partial charge in [0.2, 0.25) is 15.9 Å². The number of hydrogen-bond acceptors (Lipinski definition) is 4. The molecule has 2 N–H and O–H groups in total. The molecule has 0 fully saturated rings. The Hall–Kier alpha value is -1.90. The largest absolute Gasteiger partial charge is 0.494 e. The number of primary sulfonamides is 1. The average Bonchev–Trinajstić information content (AvgIpc) is 2.63. The van der Waals surface area contributed by atoms with Crippen LogP contribution in [0.25, 0.3) is 0 Å². The van der Waals surface area contributed by atoms with E-state index >= 15 is 0 Å². The average molecular weight is 455 g/mol. The zero-order valence-corrected chi connectivity index (χ0v) is 17.7. The maximum absolute atomic E-state index is 12.4. The van der Waals surface area contributed by atoms with Crippen molar-refractivity contribution < 1.29 is 17.9 Å². The third kappa shape index (κ3) is 6.34. The predicted molar refractivity (Wildman–Crippen MR) is 108 cm³/mol. The van der Waals surface area contributed by atoms with Crippen molar-refractivity contribution in [2.24, 2.45) is 5.14 Å². The highest BCUT2D eigenvalue weighted by molar-refractivity contribution is 9.10. The van der Waals surface area contributed by atoms with Gasteiger partial charge in [-0.1, -0.05) is 34.1 Å². The van der Waals surface area contributed by atoms with Gasteiger partial charge in [-0.3, -0.25) is 4.79 Å². The van der Waals surface area contributed by atoms with Crippen LogP contribution in [0.2, 0.25) is 0 Å². The summed E-state index contributed by atoms with van der Waals surface area (Å²) in [4.78, 5) is 14.1. The van der Waals surface area contributed by atoms with Gasteiger partial charge >= 0.3 is 0 Å². The van der Waals surface area contributed by atoms with Gasteiger partial charge in [0.1, 0.15) is 5.75 Å². The molecule has 0 aliphatic rings. The zero-order valence-electron chi connectivity index (χ0n) is 15.3. The van der Waals surface area contributed by atoms with Crippen molar-refractivity contribution in [3.8, 4) is 5.75 Å². The number of sulfonamides is 1. The molecule has 0 heterocycles. The highest BCUT2D eigenvalue weighted by Crippen LogP contribution is 2.22. The summed E-state index contributed by atoms with van der Waals surface area (Å²) in [6.07, 6.45) is 0.920. The third-order valence-electron chi connectivity index (χ3n) is 4.24. The van der Waals surface area contributed by atoms with Crippen LogP contribution in [0.5, 0.6) is 5.75 Å². The first-order valence-electron chi connectivity index (χ1n) is 8.45. The van der Waals surface area contributed by atoms with Gasteiger partial charge in [0.15, 0.2) is 0 Å². The van der Waals surface area contributed by atoms with Gasteiger partial charge in [0.05, 0.1) is 17.5 Å². The number of ether oxygens (including phenoxy) is 1. The summed E-state index contributed by atoms with van der Waals surface area (Å²) >= 11 is 3.38. The van der Waals surface area contributed by atoms with Crippen LogP contribution >= 0.6 is 15.9 Å². The number of hydrogen-bond donors (Lipinski definition) is 1. The summed E-state index contributed by atoms with van der Waals surface area (Å²) in [5.41, 5.74) is 0.711. The number of nitrogens with zero attached hydrogens (tertiary/aromatic N) is 1. The molecule has 146 valence electrons. The summed E-state index contributed by atoms with van der Waals surface area (Å²) in [5, 5.41) is 5.17. The van der Waals surface area contributed by atoms with E-state index < -0.39 is 10.0 Å². The predicted octanol–water partition coefficient (Wildman–Crippen LogP) is 3.48. The van der Waals surface area contributed by atoms with E-state index in [9.17, 15) is 13.2 Å². The van der Waals surface area contributed by atoms with E-state index in [0.29, 0.717) is 25.0 Å². The number of nitrogens with two attached hydrogens (primary N) is 1. The van der Waals surface area contributed by atoms with Crippen LogP contribution in [-0.4, -0.2) is 32.9 Å². The molecule has 0 saturated heterocycles. The molecule has 0 radical (unpaired) electrons. The van der Waals surface area contributed by atoms with Crippen LogP contribution in [-0.2, 0) is 14.8 Å². The number of amides is 1. The SMILES string of the molecule is C[C@@H](c1cccc(S(N)(=O)=O)c1)N(C)C(=O)CCCOc1cccc(Br)c1. The molecule has 0 aliphatic carbocycles. The van der Waals surface area contributed by atoms with Crippen LogP contribution in [0.4, 0.5) is 0 Å². The minimum absolute atomic E-state index is 0.0371. The van der Waals surface area contributed by atoms with E-state index in [4.69, 9.17) is 9.88 Å². The molecule has 0 aliphatic heterocycles. The van der Waals surface area contributed by atoms with Gasteiger partial charge in [-0.15, -0.1) is 0 Å². The van der Waals surface area contributed by atoms with E-state index in [-0.39, 0.29) is 16.8 Å². The lowest BCUT2D eigenvalue weighted by molar-refractivity contribution is -0.132. The molecule has 0 aromatic heterocycles. The number of carbonyl (C=O) groups is 1. The van der Waals surface area contributed by atoms with Gasteiger partial charge in [-0.2, -0.15) is 0 Å². The Balaban J connectivity index is 1.89. The lowest BCUT2D eigenvalue weighted by Gasteiger charge is -2.25. The fraction of sp³-hybridized carbons (Fsp3) is 0.316. The van der Waals surface area contributed by atoms with Gasteiger partial charge < -0.3 is 9.64 Å². The molecular formula is C19H23BrN2O4S. The normalized spacial score (nSPS) is 12.4. The molecule has 1 amide bonds. The summed E-state index contributed by atoms with van der Waals surface area (Å²) in [6.45, 7) is 2.28. The molecule has 8 heteroatoms. The summed E-state index contributed by atoms with van der Waals surface area (Å²) in [7, 11) is -2.07. The van der Waals surface area contributed by atoms with Crippen LogP contribution in [0.1, 0.15) is 31.4 Å². The third-order valence-corrected chi connectivity index (χ3v) is 5.65. The summed E-state index contributed by atoms with van der Waals surface area (Å²) < 4.78 is 29.6. The van der Waals surface area contributed by atoms with E-state index in [1.54, 1.807) is 24.1 Å². The molecular weight excluding hydrogens is 432 g/mol. The number of benzene rings is 2. The monoisotopic (exact) mass is 454 g/mol. The highest BCUT2D eigenvalue weighted by atomic mass is 79.9. The first kappa shape index (κ1) is 21.4. The highest BCUT2D eigenvalue weighted by Gasteiger charge is 2.19. The van der Waals surface area contributed by atoms with Gasteiger partial charge in [-0.25, -0.2) is 13.6 Å². The Bertz CT molecular complexity index is 902. The molecule has 0 saturated carbocycles. The smallest absolute Gasteiger partial charge is 0.238 e. The Morgan fingerprint density at radius 1 is 1.22 bits per heavy atom. The summed E-state index contributed by atoms with van der Waals surface area (Å²) in [6, 6.07) is 13.6. The molecule has 0 spiro atoms. The quantitative estimate of drug-likeness (QED) is 0.618. The van der Waals surface area contributed by atoms with Crippen LogP contribution in [0.15, 0.2) is 57.9 Å². The van der Waals surface area contributed by atoms with Crippen molar-refractivity contribution >= 4 is 31.9 Å². The lowest BCUT2D eigenvalue weighted by atomic mass is 10.1. The molecule has 1 atom stereocenters. The van der Waals surface area contributed by atoms with E-state index in [1.807, 2.05) is 31.2 Å². The second-order valence-electron chi connectivity index (χ2n) is 6.21. The molecule has 0 bridgehead atoms. The van der Waals surface area contributed by atoms with Crippen molar-refractivity contribution in [2.45, 2.75) is 30.7 Å². The lowest BCUT2D eigenvalue weighted by Crippen LogP contribution is -2.30.